The van der Waals surface area contributed by atoms with Gasteiger partial charge in [-0.1, -0.05) is 51.1 Å². The second-order valence-corrected chi connectivity index (χ2v) is 16.3. The van der Waals surface area contributed by atoms with Gasteiger partial charge in [-0.25, -0.2) is 8.78 Å². The van der Waals surface area contributed by atoms with Gasteiger partial charge in [0.05, 0.1) is 17.3 Å². The number of thioether (sulfide) groups is 1. The fraction of sp³-hybridized carbons (Fsp3) is 0.450. The van der Waals surface area contributed by atoms with Crippen LogP contribution in [0.4, 0.5) is 8.78 Å². The van der Waals surface area contributed by atoms with E-state index in [0.717, 1.165) is 40.4 Å². The molecule has 1 saturated heterocycles. The number of aliphatic hydroxyl groups excluding tert-OH is 1. The van der Waals surface area contributed by atoms with Crippen molar-refractivity contribution in [2.45, 2.75) is 70.0 Å². The van der Waals surface area contributed by atoms with E-state index in [1.807, 2.05) is 55.7 Å². The number of aliphatic hydroxyl groups is 1. The van der Waals surface area contributed by atoms with E-state index in [-0.39, 0.29) is 56.8 Å². The number of carboxylic acids is 1. The van der Waals surface area contributed by atoms with Gasteiger partial charge in [0.2, 0.25) is 29.5 Å². The Bertz CT molecular complexity index is 1960. The molecule has 2 aromatic carbocycles. The van der Waals surface area contributed by atoms with Crippen LogP contribution in [-0.2, 0) is 35.3 Å². The number of aliphatic carboxylic acids is 1. The molecule has 3 aromatic rings. The fourth-order valence-corrected chi connectivity index (χ4v) is 7.76. The minimum atomic E-state index is -1.21. The number of carboxylic acid groups (broad SMARTS) is 1. The van der Waals surface area contributed by atoms with Crippen LogP contribution in [0.15, 0.2) is 60.8 Å². The number of carbonyl (C=O) groups excluding carboxylic acids is 5. The van der Waals surface area contributed by atoms with Crippen LogP contribution in [0, 0.1) is 17.0 Å². The molecule has 0 spiro atoms. The van der Waals surface area contributed by atoms with Gasteiger partial charge in [-0.15, -0.1) is 11.8 Å². The first-order chi connectivity index (χ1) is 27.4. The maximum Gasteiger partial charge on any atom is 0.321 e. The third-order valence-electron chi connectivity index (χ3n) is 9.56. The molecule has 314 valence electrons. The zero-order valence-electron chi connectivity index (χ0n) is 32.7. The summed E-state index contributed by atoms with van der Waals surface area (Å²) >= 11 is 0.993. The van der Waals surface area contributed by atoms with Gasteiger partial charge in [0.15, 0.2) is 0 Å². The molecule has 1 fully saturated rings. The fourth-order valence-electron chi connectivity index (χ4n) is 6.64. The summed E-state index contributed by atoms with van der Waals surface area (Å²) in [5.74, 6) is -5.12. The van der Waals surface area contributed by atoms with Crippen molar-refractivity contribution in [2.24, 2.45) is 16.9 Å². The largest absolute Gasteiger partial charge is 0.480 e. The number of nitrogens with two attached hydrogens (primary N) is 2. The van der Waals surface area contributed by atoms with Crippen molar-refractivity contribution in [3.63, 3.8) is 0 Å². The molecule has 0 radical (unpaired) electrons. The molecular weight excluding hydrogens is 777 g/mol. The minimum Gasteiger partial charge on any atom is -0.480 e. The normalized spacial score (nSPS) is 15.9. The lowest BCUT2D eigenvalue weighted by atomic mass is 9.82. The van der Waals surface area contributed by atoms with E-state index in [4.69, 9.17) is 16.6 Å². The van der Waals surface area contributed by atoms with Gasteiger partial charge in [-0.05, 0) is 41.7 Å². The third-order valence-corrected chi connectivity index (χ3v) is 10.9. The molecule has 1 aliphatic heterocycles. The van der Waals surface area contributed by atoms with Crippen molar-refractivity contribution in [1.29, 1.82) is 0 Å². The number of benzene rings is 2. The van der Waals surface area contributed by atoms with Gasteiger partial charge in [0.25, 0.3) is 0 Å². The van der Waals surface area contributed by atoms with Crippen LogP contribution >= 0.6 is 11.8 Å². The first kappa shape index (κ1) is 45.5. The predicted molar refractivity (Wildman–Crippen MR) is 213 cm³/mol. The summed E-state index contributed by atoms with van der Waals surface area (Å²) < 4.78 is 31.2. The summed E-state index contributed by atoms with van der Waals surface area (Å²) in [6, 6.07) is 11.3. The van der Waals surface area contributed by atoms with Gasteiger partial charge in [0, 0.05) is 74.3 Å². The highest BCUT2D eigenvalue weighted by Crippen LogP contribution is 2.41. The molecule has 5 amide bonds. The SMILES string of the molecule is CC(C)(C)[C@H](c1cc(-c2cc(F)ccc2F)cn1Cc1ccccc1)N(CC[C@H](N)C(=O)NCCC(=O)NCCN1C(=O)CC(SC[C@H](N)C(=O)O)C1=O)C(=O)CO. The zero-order valence-corrected chi connectivity index (χ0v) is 33.5. The summed E-state index contributed by atoms with van der Waals surface area (Å²) in [5.41, 5.74) is 13.0. The van der Waals surface area contributed by atoms with E-state index in [1.54, 1.807) is 12.3 Å². The lowest BCUT2D eigenvalue weighted by Gasteiger charge is -2.41. The molecule has 2 heterocycles. The summed E-state index contributed by atoms with van der Waals surface area (Å²) in [7, 11) is 0. The molecule has 1 aromatic heterocycles. The highest BCUT2D eigenvalue weighted by Gasteiger charge is 2.39. The lowest BCUT2D eigenvalue weighted by Crippen LogP contribution is -2.48. The average Bonchev–Trinajstić information content (AvgIpc) is 3.70. The average molecular weight is 828 g/mol. The highest BCUT2D eigenvalue weighted by molar-refractivity contribution is 8.00. The number of hydrogen-bond donors (Lipinski definition) is 6. The minimum absolute atomic E-state index is 0.0272. The quantitative estimate of drug-likeness (QED) is 0.0903. The van der Waals surface area contributed by atoms with Crippen molar-refractivity contribution >= 4 is 47.3 Å². The van der Waals surface area contributed by atoms with Crippen molar-refractivity contribution in [3.8, 4) is 11.1 Å². The van der Waals surface area contributed by atoms with Crippen molar-refractivity contribution < 1.29 is 47.8 Å². The van der Waals surface area contributed by atoms with Gasteiger partial charge >= 0.3 is 5.97 Å². The van der Waals surface area contributed by atoms with E-state index >= 15 is 4.39 Å². The molecule has 0 saturated carbocycles. The van der Waals surface area contributed by atoms with Gasteiger partial charge in [-0.2, -0.15) is 0 Å². The number of carbonyl (C=O) groups is 6. The van der Waals surface area contributed by atoms with Crippen LogP contribution in [0.3, 0.4) is 0 Å². The van der Waals surface area contributed by atoms with Gasteiger partial charge in [-0.3, -0.25) is 33.7 Å². The van der Waals surface area contributed by atoms with Crippen LogP contribution in [0.25, 0.3) is 11.1 Å². The molecule has 15 nitrogen and oxygen atoms in total. The summed E-state index contributed by atoms with van der Waals surface area (Å²) in [6.07, 6.45) is 1.43. The van der Waals surface area contributed by atoms with E-state index in [2.05, 4.69) is 10.6 Å². The van der Waals surface area contributed by atoms with Gasteiger partial charge in [0.1, 0.15) is 24.3 Å². The molecular formula is C40H51F2N7O8S. The molecule has 4 atom stereocenters. The van der Waals surface area contributed by atoms with E-state index in [9.17, 15) is 38.3 Å². The van der Waals surface area contributed by atoms with E-state index in [1.165, 1.54) is 4.90 Å². The first-order valence-corrected chi connectivity index (χ1v) is 19.8. The number of aromatic nitrogens is 1. The Balaban J connectivity index is 1.37. The van der Waals surface area contributed by atoms with E-state index in [0.29, 0.717) is 17.8 Å². The Kier molecular flexibility index (Phi) is 16.1. The van der Waals surface area contributed by atoms with Crippen LogP contribution in [-0.4, -0.2) is 116 Å². The Morgan fingerprint density at radius 2 is 1.71 bits per heavy atom. The summed E-state index contributed by atoms with van der Waals surface area (Å²) in [6.45, 7) is 4.92. The smallest absolute Gasteiger partial charge is 0.321 e. The molecule has 8 N–H and O–H groups in total. The molecule has 1 unspecified atom stereocenters. The maximum atomic E-state index is 15.0. The number of nitrogens with one attached hydrogen (secondary N) is 2. The van der Waals surface area contributed by atoms with Crippen molar-refractivity contribution in [2.75, 3.05) is 38.5 Å². The second kappa shape index (κ2) is 20.5. The standard InChI is InChI=1S/C40H51F2N7O8S/c1-40(2,3)36(31-17-25(27-18-26(41)9-10-28(27)42)21-47(31)20-24-7-5-4-6-8-24)48(35(53)22-50)15-12-29(43)37(54)46-13-11-33(51)45-14-16-49-34(52)19-32(38(49)55)58-23-30(44)39(56)57/h4-10,17-18,21,29-30,32,36,50H,11-16,19-20,22-23,43-44H2,1-3H3,(H,45,51)(H,46,54)(H,56,57)/t29-,30-,32?,36-/m0/s1. The Labute approximate surface area is 339 Å². The highest BCUT2D eigenvalue weighted by atomic mass is 32.2. The number of hydrogen-bond acceptors (Lipinski definition) is 10. The van der Waals surface area contributed by atoms with Crippen LogP contribution in [0.5, 0.6) is 0 Å². The monoisotopic (exact) mass is 827 g/mol. The predicted octanol–water partition coefficient (Wildman–Crippen LogP) is 2.00. The summed E-state index contributed by atoms with van der Waals surface area (Å²) in [5, 5.41) is 23.5. The first-order valence-electron chi connectivity index (χ1n) is 18.7. The molecule has 0 aliphatic carbocycles. The zero-order chi connectivity index (χ0) is 42.7. The molecule has 0 bridgehead atoms. The van der Waals surface area contributed by atoms with Crippen LogP contribution < -0.4 is 22.1 Å². The Hall–Kier alpha value is -5.17. The Morgan fingerprint density at radius 3 is 2.36 bits per heavy atom. The second-order valence-electron chi connectivity index (χ2n) is 15.0. The number of halogens is 2. The van der Waals surface area contributed by atoms with Crippen molar-refractivity contribution in [3.05, 3.63) is 83.7 Å². The number of nitrogens with zero attached hydrogens (tertiary/aromatic N) is 3. The maximum absolute atomic E-state index is 15.0. The molecule has 18 heteroatoms. The molecule has 1 aliphatic rings. The number of likely N-dealkylation sites (tertiary alicyclic amines) is 1. The molecule has 4 rings (SSSR count). The Morgan fingerprint density at radius 1 is 1.00 bits per heavy atom. The number of amides is 5. The molecule has 58 heavy (non-hydrogen) atoms. The topological polar surface area (TPSA) is 230 Å². The summed E-state index contributed by atoms with van der Waals surface area (Å²) in [4.78, 5) is 77.3. The third kappa shape index (κ3) is 12.2. The lowest BCUT2D eigenvalue weighted by molar-refractivity contribution is -0.140. The number of imide groups is 1. The van der Waals surface area contributed by atoms with Crippen LogP contribution in [0.1, 0.15) is 57.3 Å². The van der Waals surface area contributed by atoms with E-state index < -0.39 is 82.5 Å². The van der Waals surface area contributed by atoms with Gasteiger partial charge < -0.3 is 41.8 Å². The number of rotatable bonds is 20. The van der Waals surface area contributed by atoms with Crippen LogP contribution in [0.2, 0.25) is 0 Å². The van der Waals surface area contributed by atoms with Crippen molar-refractivity contribution in [1.82, 2.24) is 25.0 Å².